The smallest absolute Gasteiger partial charge is 0.305 e. The predicted molar refractivity (Wildman–Crippen MR) is 54.2 cm³/mol. The van der Waals surface area contributed by atoms with E-state index in [-0.39, 0.29) is 5.97 Å². The highest BCUT2D eigenvalue weighted by atomic mass is 16.8. The molecule has 0 amide bonds. The van der Waals surface area contributed by atoms with E-state index in [1.807, 2.05) is 30.3 Å². The quantitative estimate of drug-likeness (QED) is 0.742. The Bertz CT molecular complexity index is 386. The van der Waals surface area contributed by atoms with E-state index in [1.54, 1.807) is 6.08 Å². The van der Waals surface area contributed by atoms with Gasteiger partial charge in [0.05, 0.1) is 5.70 Å². The second-order valence-corrected chi connectivity index (χ2v) is 3.14. The van der Waals surface area contributed by atoms with Crippen molar-refractivity contribution in [2.75, 3.05) is 0 Å². The molecule has 0 spiro atoms. The Morgan fingerprint density at radius 2 is 2.13 bits per heavy atom. The summed E-state index contributed by atoms with van der Waals surface area (Å²) in [6, 6.07) is 9.67. The first-order chi connectivity index (χ1) is 7.25. The number of ether oxygens (including phenoxy) is 1. The van der Waals surface area contributed by atoms with Crippen molar-refractivity contribution in [3.63, 3.8) is 0 Å². The Morgan fingerprint density at radius 3 is 2.80 bits per heavy atom. The fraction of sp³-hybridized carbons (Fsp3) is 0.182. The van der Waals surface area contributed by atoms with Crippen LogP contribution < -0.4 is 5.48 Å². The van der Waals surface area contributed by atoms with Crippen LogP contribution in [0.3, 0.4) is 0 Å². The van der Waals surface area contributed by atoms with Crippen LogP contribution in [0.5, 0.6) is 0 Å². The average Bonchev–Trinajstić information content (AvgIpc) is 2.67. The molecule has 0 aliphatic carbocycles. The van der Waals surface area contributed by atoms with Crippen LogP contribution in [-0.4, -0.2) is 12.3 Å². The van der Waals surface area contributed by atoms with Crippen molar-refractivity contribution in [3.05, 3.63) is 42.0 Å². The van der Waals surface area contributed by atoms with Crippen molar-refractivity contribution in [1.82, 2.24) is 5.48 Å². The summed E-state index contributed by atoms with van der Waals surface area (Å²) in [6.45, 7) is 1.34. The Hall–Kier alpha value is -1.81. The van der Waals surface area contributed by atoms with Crippen LogP contribution >= 0.6 is 0 Å². The Morgan fingerprint density at radius 1 is 1.40 bits per heavy atom. The number of hydroxylamine groups is 1. The SMILES string of the molecule is CC(=O)OC1C=C(c2ccccc2)NO1. The van der Waals surface area contributed by atoms with E-state index < -0.39 is 6.29 Å². The maximum absolute atomic E-state index is 10.7. The van der Waals surface area contributed by atoms with Crippen LogP contribution in [0, 0.1) is 0 Å². The molecule has 0 saturated carbocycles. The summed E-state index contributed by atoms with van der Waals surface area (Å²) >= 11 is 0. The Kier molecular flexibility index (Phi) is 2.69. The monoisotopic (exact) mass is 205 g/mol. The van der Waals surface area contributed by atoms with Gasteiger partial charge in [-0.05, 0) is 5.56 Å². The molecule has 0 radical (unpaired) electrons. The summed E-state index contributed by atoms with van der Waals surface area (Å²) in [4.78, 5) is 15.7. The van der Waals surface area contributed by atoms with Gasteiger partial charge in [0, 0.05) is 13.0 Å². The molecule has 1 aromatic rings. The number of esters is 1. The summed E-state index contributed by atoms with van der Waals surface area (Å²) in [5.74, 6) is -0.368. The molecular weight excluding hydrogens is 194 g/mol. The van der Waals surface area contributed by atoms with Gasteiger partial charge in [-0.3, -0.25) is 10.3 Å². The normalized spacial score (nSPS) is 19.3. The molecule has 2 rings (SSSR count). The molecule has 1 unspecified atom stereocenters. The number of carbonyl (C=O) groups is 1. The molecule has 0 saturated heterocycles. The molecule has 15 heavy (non-hydrogen) atoms. The van der Waals surface area contributed by atoms with Gasteiger partial charge in [0.2, 0.25) is 6.29 Å². The lowest BCUT2D eigenvalue weighted by atomic mass is 10.1. The van der Waals surface area contributed by atoms with Crippen molar-refractivity contribution in [3.8, 4) is 0 Å². The Balaban J connectivity index is 2.10. The number of carbonyl (C=O) groups excluding carboxylic acids is 1. The van der Waals surface area contributed by atoms with E-state index in [2.05, 4.69) is 5.48 Å². The zero-order valence-electron chi connectivity index (χ0n) is 8.27. The van der Waals surface area contributed by atoms with Gasteiger partial charge in [0.25, 0.3) is 0 Å². The van der Waals surface area contributed by atoms with Crippen molar-refractivity contribution in [2.24, 2.45) is 0 Å². The minimum Gasteiger partial charge on any atom is -0.430 e. The van der Waals surface area contributed by atoms with E-state index in [1.165, 1.54) is 6.92 Å². The number of benzene rings is 1. The molecule has 1 heterocycles. The topological polar surface area (TPSA) is 47.6 Å². The van der Waals surface area contributed by atoms with Crippen molar-refractivity contribution >= 4 is 11.7 Å². The first kappa shape index (κ1) is 9.73. The highest BCUT2D eigenvalue weighted by molar-refractivity contribution is 5.68. The summed E-state index contributed by atoms with van der Waals surface area (Å²) in [5, 5.41) is 0. The lowest BCUT2D eigenvalue weighted by Gasteiger charge is -2.06. The zero-order chi connectivity index (χ0) is 10.7. The predicted octanol–water partition coefficient (Wildman–Crippen LogP) is 1.45. The third kappa shape index (κ3) is 2.35. The molecule has 1 aliphatic rings. The summed E-state index contributed by atoms with van der Waals surface area (Å²) in [5.41, 5.74) is 4.51. The second-order valence-electron chi connectivity index (χ2n) is 3.14. The van der Waals surface area contributed by atoms with Gasteiger partial charge >= 0.3 is 5.97 Å². The minimum absolute atomic E-state index is 0.368. The molecule has 1 atom stereocenters. The van der Waals surface area contributed by atoms with Gasteiger partial charge in [-0.15, -0.1) is 0 Å². The molecule has 1 N–H and O–H groups in total. The number of rotatable bonds is 2. The molecule has 1 aliphatic heterocycles. The van der Waals surface area contributed by atoms with E-state index in [0.29, 0.717) is 0 Å². The molecule has 0 aromatic heterocycles. The molecular formula is C11H11NO3. The van der Waals surface area contributed by atoms with Gasteiger partial charge in [0.1, 0.15) is 0 Å². The van der Waals surface area contributed by atoms with Gasteiger partial charge in [-0.1, -0.05) is 30.3 Å². The third-order valence-corrected chi connectivity index (χ3v) is 1.95. The van der Waals surface area contributed by atoms with Crippen LogP contribution in [0.1, 0.15) is 12.5 Å². The first-order valence-electron chi connectivity index (χ1n) is 4.62. The molecule has 78 valence electrons. The van der Waals surface area contributed by atoms with Crippen LogP contribution in [-0.2, 0) is 14.4 Å². The number of nitrogens with one attached hydrogen (secondary N) is 1. The van der Waals surface area contributed by atoms with E-state index in [0.717, 1.165) is 11.3 Å². The van der Waals surface area contributed by atoms with E-state index >= 15 is 0 Å². The first-order valence-corrected chi connectivity index (χ1v) is 4.62. The summed E-state index contributed by atoms with van der Waals surface area (Å²) in [7, 11) is 0. The maximum Gasteiger partial charge on any atom is 0.305 e. The second kappa shape index (κ2) is 4.14. The van der Waals surface area contributed by atoms with Crippen LogP contribution in [0.4, 0.5) is 0 Å². The highest BCUT2D eigenvalue weighted by Gasteiger charge is 2.19. The zero-order valence-corrected chi connectivity index (χ0v) is 8.27. The number of hydrogen-bond acceptors (Lipinski definition) is 4. The Labute approximate surface area is 87.5 Å². The van der Waals surface area contributed by atoms with Crippen LogP contribution in [0.25, 0.3) is 5.70 Å². The standard InChI is InChI=1S/C11H11NO3/c1-8(13)14-11-7-10(12-15-11)9-5-3-2-4-6-9/h2-7,11-12H,1H3. The lowest BCUT2D eigenvalue weighted by Crippen LogP contribution is -2.17. The summed E-state index contributed by atoms with van der Waals surface area (Å²) < 4.78 is 4.86. The van der Waals surface area contributed by atoms with Crippen molar-refractivity contribution in [2.45, 2.75) is 13.2 Å². The van der Waals surface area contributed by atoms with Crippen molar-refractivity contribution in [1.29, 1.82) is 0 Å². The molecule has 0 bridgehead atoms. The fourth-order valence-corrected chi connectivity index (χ4v) is 1.32. The van der Waals surface area contributed by atoms with Crippen LogP contribution in [0.2, 0.25) is 0 Å². The van der Waals surface area contributed by atoms with Crippen molar-refractivity contribution < 1.29 is 14.4 Å². The van der Waals surface area contributed by atoms with Gasteiger partial charge in [-0.25, -0.2) is 4.84 Å². The average molecular weight is 205 g/mol. The van der Waals surface area contributed by atoms with E-state index in [9.17, 15) is 4.79 Å². The molecule has 4 heteroatoms. The molecule has 1 aromatic carbocycles. The summed E-state index contributed by atoms with van der Waals surface area (Å²) in [6.07, 6.45) is 1.08. The van der Waals surface area contributed by atoms with Gasteiger partial charge in [0.15, 0.2) is 0 Å². The van der Waals surface area contributed by atoms with Crippen LogP contribution in [0.15, 0.2) is 36.4 Å². The fourth-order valence-electron chi connectivity index (χ4n) is 1.32. The largest absolute Gasteiger partial charge is 0.430 e. The highest BCUT2D eigenvalue weighted by Crippen LogP contribution is 2.18. The minimum atomic E-state index is -0.641. The third-order valence-electron chi connectivity index (χ3n) is 1.95. The lowest BCUT2D eigenvalue weighted by molar-refractivity contribution is -0.169. The molecule has 0 fully saturated rings. The van der Waals surface area contributed by atoms with Gasteiger partial charge < -0.3 is 4.74 Å². The maximum atomic E-state index is 10.7. The number of hydrogen-bond donors (Lipinski definition) is 1. The van der Waals surface area contributed by atoms with Gasteiger partial charge in [-0.2, -0.15) is 0 Å². The molecule has 4 nitrogen and oxygen atoms in total. The van der Waals surface area contributed by atoms with E-state index in [4.69, 9.17) is 9.57 Å².